The average molecular weight is 284 g/mol. The lowest BCUT2D eigenvalue weighted by atomic mass is 9.86. The molecule has 0 radical (unpaired) electrons. The third kappa shape index (κ3) is 5.17. The van der Waals surface area contributed by atoms with Gasteiger partial charge in [-0.3, -0.25) is 4.90 Å². The molecule has 20 heavy (non-hydrogen) atoms. The second kappa shape index (κ2) is 7.14. The maximum Gasteiger partial charge on any atom is 0.251 e. The second-order valence-corrected chi connectivity index (χ2v) is 6.33. The van der Waals surface area contributed by atoms with Gasteiger partial charge in [0.1, 0.15) is 0 Å². The Hall–Kier alpha value is -1.00. The van der Waals surface area contributed by atoms with Gasteiger partial charge in [-0.25, -0.2) is 8.78 Å². The van der Waals surface area contributed by atoms with E-state index in [9.17, 15) is 8.78 Å². The fraction of sp³-hybridized carbons (Fsp3) is 0.625. The van der Waals surface area contributed by atoms with E-state index >= 15 is 0 Å². The maximum atomic E-state index is 12.4. The van der Waals surface area contributed by atoms with Crippen molar-refractivity contribution in [3.8, 4) is 0 Å². The molecule has 0 aromatic heterocycles. The van der Waals surface area contributed by atoms with E-state index in [4.69, 9.17) is 0 Å². The van der Waals surface area contributed by atoms with Crippen molar-refractivity contribution in [1.82, 2.24) is 10.2 Å². The molecule has 0 aliphatic rings. The summed E-state index contributed by atoms with van der Waals surface area (Å²) in [6.07, 6.45) is -2.29. The molecule has 1 unspecified atom stereocenters. The third-order valence-electron chi connectivity index (χ3n) is 3.47. The van der Waals surface area contributed by atoms with Gasteiger partial charge < -0.3 is 5.32 Å². The largest absolute Gasteiger partial charge is 0.312 e. The zero-order valence-corrected chi connectivity index (χ0v) is 13.1. The molecule has 114 valence electrons. The van der Waals surface area contributed by atoms with Gasteiger partial charge in [0.15, 0.2) is 0 Å². The summed E-state index contributed by atoms with van der Waals surface area (Å²) in [6, 6.07) is 8.46. The average Bonchev–Trinajstić information content (AvgIpc) is 2.34. The second-order valence-electron chi connectivity index (χ2n) is 6.33. The highest BCUT2D eigenvalue weighted by Gasteiger charge is 2.17. The predicted octanol–water partition coefficient (Wildman–Crippen LogP) is 3.44. The van der Waals surface area contributed by atoms with Crippen LogP contribution in [-0.4, -0.2) is 38.5 Å². The van der Waals surface area contributed by atoms with Gasteiger partial charge in [-0.1, -0.05) is 45.0 Å². The first kappa shape index (κ1) is 17.1. The summed E-state index contributed by atoms with van der Waals surface area (Å²) in [4.78, 5) is 1.66. The van der Waals surface area contributed by atoms with Crippen molar-refractivity contribution in [3.63, 3.8) is 0 Å². The standard InChI is InChI=1S/C16H26F2N2/c1-16(2,3)13-8-6-12(7-9-13)14(19-4)10-20(5)11-15(17)18/h6-9,14-15,19H,10-11H2,1-5H3. The van der Waals surface area contributed by atoms with Crippen LogP contribution in [0.5, 0.6) is 0 Å². The molecule has 1 rings (SSSR count). The lowest BCUT2D eigenvalue weighted by Crippen LogP contribution is -2.34. The Morgan fingerprint density at radius 3 is 2.05 bits per heavy atom. The minimum Gasteiger partial charge on any atom is -0.312 e. The van der Waals surface area contributed by atoms with E-state index in [0.717, 1.165) is 5.56 Å². The summed E-state index contributed by atoms with van der Waals surface area (Å²) in [7, 11) is 3.58. The summed E-state index contributed by atoms with van der Waals surface area (Å²) in [5.41, 5.74) is 2.53. The number of hydrogen-bond acceptors (Lipinski definition) is 2. The highest BCUT2D eigenvalue weighted by atomic mass is 19.3. The lowest BCUT2D eigenvalue weighted by molar-refractivity contribution is 0.0963. The van der Waals surface area contributed by atoms with Gasteiger partial charge in [-0.15, -0.1) is 0 Å². The molecule has 0 fully saturated rings. The molecule has 1 aromatic carbocycles. The van der Waals surface area contributed by atoms with Gasteiger partial charge in [0.2, 0.25) is 0 Å². The van der Waals surface area contributed by atoms with Crippen LogP contribution in [0.1, 0.15) is 37.9 Å². The normalized spacial score (nSPS) is 14.1. The summed E-state index contributed by atoms with van der Waals surface area (Å²) >= 11 is 0. The van der Waals surface area contributed by atoms with Gasteiger partial charge in [0.25, 0.3) is 6.43 Å². The lowest BCUT2D eigenvalue weighted by Gasteiger charge is -2.25. The highest BCUT2D eigenvalue weighted by Crippen LogP contribution is 2.24. The SMILES string of the molecule is CNC(CN(C)CC(F)F)c1ccc(C(C)(C)C)cc1. The van der Waals surface area contributed by atoms with Crippen LogP contribution in [-0.2, 0) is 5.41 Å². The van der Waals surface area contributed by atoms with Gasteiger partial charge in [0, 0.05) is 12.6 Å². The van der Waals surface area contributed by atoms with Crippen LogP contribution >= 0.6 is 0 Å². The van der Waals surface area contributed by atoms with Crippen LogP contribution in [0, 0.1) is 0 Å². The molecule has 0 saturated carbocycles. The Kier molecular flexibility index (Phi) is 6.08. The van der Waals surface area contributed by atoms with Crippen molar-refractivity contribution in [3.05, 3.63) is 35.4 Å². The van der Waals surface area contributed by atoms with E-state index in [1.54, 1.807) is 11.9 Å². The van der Waals surface area contributed by atoms with Crippen LogP contribution in [0.15, 0.2) is 24.3 Å². The van der Waals surface area contributed by atoms with E-state index < -0.39 is 6.43 Å². The molecule has 0 aliphatic heterocycles. The molecule has 2 nitrogen and oxygen atoms in total. The third-order valence-corrected chi connectivity index (χ3v) is 3.47. The van der Waals surface area contributed by atoms with Gasteiger partial charge in [0.05, 0.1) is 6.54 Å². The number of hydrogen-bond donors (Lipinski definition) is 1. The van der Waals surface area contributed by atoms with Gasteiger partial charge >= 0.3 is 0 Å². The molecule has 0 bridgehead atoms. The molecule has 0 saturated heterocycles. The first-order chi connectivity index (χ1) is 9.24. The molecule has 4 heteroatoms. The van der Waals surface area contributed by atoms with E-state index in [1.807, 2.05) is 7.05 Å². The molecule has 0 spiro atoms. The fourth-order valence-corrected chi connectivity index (χ4v) is 2.20. The van der Waals surface area contributed by atoms with Crippen LogP contribution in [0.2, 0.25) is 0 Å². The van der Waals surface area contributed by atoms with Crippen LogP contribution in [0.3, 0.4) is 0 Å². The zero-order chi connectivity index (χ0) is 15.3. The van der Waals surface area contributed by atoms with Crippen LogP contribution in [0.4, 0.5) is 8.78 Å². The maximum absolute atomic E-state index is 12.4. The molecule has 1 N–H and O–H groups in total. The van der Waals surface area contributed by atoms with E-state index in [0.29, 0.717) is 6.54 Å². The number of alkyl halides is 2. The van der Waals surface area contributed by atoms with Crippen molar-refractivity contribution in [2.75, 3.05) is 27.2 Å². The van der Waals surface area contributed by atoms with E-state index in [1.165, 1.54) is 5.56 Å². The van der Waals surface area contributed by atoms with Crippen molar-refractivity contribution < 1.29 is 8.78 Å². The minimum atomic E-state index is -2.29. The molecule has 0 heterocycles. The van der Waals surface area contributed by atoms with Crippen molar-refractivity contribution in [1.29, 1.82) is 0 Å². The van der Waals surface area contributed by atoms with Gasteiger partial charge in [-0.2, -0.15) is 0 Å². The number of nitrogens with zero attached hydrogens (tertiary/aromatic N) is 1. The Morgan fingerprint density at radius 2 is 1.65 bits per heavy atom. The van der Waals surface area contributed by atoms with Crippen molar-refractivity contribution in [2.24, 2.45) is 0 Å². The summed E-state index contributed by atoms with van der Waals surface area (Å²) in [5.74, 6) is 0. The molecule has 0 amide bonds. The highest BCUT2D eigenvalue weighted by molar-refractivity contribution is 5.29. The first-order valence-electron chi connectivity index (χ1n) is 6.98. The van der Waals surface area contributed by atoms with Crippen LogP contribution in [0.25, 0.3) is 0 Å². The Balaban J connectivity index is 2.75. The Morgan fingerprint density at radius 1 is 1.10 bits per heavy atom. The first-order valence-corrected chi connectivity index (χ1v) is 6.98. The van der Waals surface area contributed by atoms with E-state index in [2.05, 4.69) is 50.4 Å². The Labute approximate surface area is 121 Å². The molecule has 1 atom stereocenters. The monoisotopic (exact) mass is 284 g/mol. The number of rotatable bonds is 6. The molecule has 0 aliphatic carbocycles. The molecule has 1 aromatic rings. The van der Waals surface area contributed by atoms with Crippen LogP contribution < -0.4 is 5.32 Å². The number of nitrogens with one attached hydrogen (secondary N) is 1. The summed E-state index contributed by atoms with van der Waals surface area (Å²) < 4.78 is 24.7. The molecular formula is C16H26F2N2. The zero-order valence-electron chi connectivity index (χ0n) is 13.1. The summed E-state index contributed by atoms with van der Waals surface area (Å²) in [5, 5.41) is 3.19. The van der Waals surface area contributed by atoms with Crippen molar-refractivity contribution >= 4 is 0 Å². The smallest absolute Gasteiger partial charge is 0.251 e. The molecular weight excluding hydrogens is 258 g/mol. The predicted molar refractivity (Wildman–Crippen MR) is 80.4 cm³/mol. The van der Waals surface area contributed by atoms with E-state index in [-0.39, 0.29) is 18.0 Å². The quantitative estimate of drug-likeness (QED) is 0.861. The number of benzene rings is 1. The van der Waals surface area contributed by atoms with Gasteiger partial charge in [-0.05, 0) is 30.6 Å². The topological polar surface area (TPSA) is 15.3 Å². The summed E-state index contributed by atoms with van der Waals surface area (Å²) in [6.45, 7) is 6.89. The minimum absolute atomic E-state index is 0.0627. The number of likely N-dealkylation sites (N-methyl/N-ethyl adjacent to an activating group) is 2. The van der Waals surface area contributed by atoms with Crippen molar-refractivity contribution in [2.45, 2.75) is 38.7 Å². The Bertz CT molecular complexity index is 396. The fourth-order valence-electron chi connectivity index (χ4n) is 2.20. The number of halogens is 2.